The number of fused-ring (bicyclic) bond motifs is 1. The van der Waals surface area contributed by atoms with E-state index in [0.717, 1.165) is 11.1 Å². The van der Waals surface area contributed by atoms with Crippen LogP contribution < -0.4 is 5.32 Å². The number of aliphatic imine (C=N–C) groups is 1. The Morgan fingerprint density at radius 3 is 2.61 bits per heavy atom. The van der Waals surface area contributed by atoms with E-state index in [0.29, 0.717) is 5.82 Å². The third-order valence-corrected chi connectivity index (χ3v) is 6.61. The van der Waals surface area contributed by atoms with Crippen LogP contribution in [0.25, 0.3) is 11.4 Å². The molecule has 0 aromatic carbocycles. The highest BCUT2D eigenvalue weighted by atomic mass is 19.4. The lowest BCUT2D eigenvalue weighted by atomic mass is 10.1. The van der Waals surface area contributed by atoms with Gasteiger partial charge in [0.1, 0.15) is 24.1 Å². The fourth-order valence-electron chi connectivity index (χ4n) is 4.53. The van der Waals surface area contributed by atoms with E-state index < -0.39 is 48.0 Å². The first kappa shape index (κ1) is 27.6. The predicted molar refractivity (Wildman–Crippen MR) is 134 cm³/mol. The summed E-state index contributed by atoms with van der Waals surface area (Å²) >= 11 is 0. The molecule has 2 aliphatic heterocycles. The van der Waals surface area contributed by atoms with E-state index in [1.807, 2.05) is 0 Å². The number of rotatable bonds is 6. The van der Waals surface area contributed by atoms with Crippen molar-refractivity contribution in [3.8, 4) is 11.4 Å². The van der Waals surface area contributed by atoms with Crippen LogP contribution in [0.5, 0.6) is 0 Å². The van der Waals surface area contributed by atoms with E-state index in [2.05, 4.69) is 35.4 Å². The average molecular weight is 573 g/mol. The minimum Gasteiger partial charge on any atom is -0.337 e. The summed E-state index contributed by atoms with van der Waals surface area (Å²) in [6.07, 6.45) is -1.77. The van der Waals surface area contributed by atoms with Gasteiger partial charge in [0.2, 0.25) is 11.8 Å². The molecule has 3 atom stereocenters. The number of carbonyl (C=O) groups excluding carboxylic acids is 3. The minimum atomic E-state index is -4.60. The molecule has 1 fully saturated rings. The summed E-state index contributed by atoms with van der Waals surface area (Å²) in [4.78, 5) is 63.3. The number of likely N-dealkylation sites (N-methyl/N-ethyl adjacent to an activating group) is 1. The summed E-state index contributed by atoms with van der Waals surface area (Å²) in [6.45, 7) is 4.18. The molecule has 2 aliphatic rings. The van der Waals surface area contributed by atoms with Crippen LogP contribution >= 0.6 is 0 Å². The van der Waals surface area contributed by atoms with Gasteiger partial charge in [-0.2, -0.15) is 18.2 Å². The van der Waals surface area contributed by atoms with Gasteiger partial charge in [-0.1, -0.05) is 5.16 Å². The normalized spacial score (nSPS) is 19.5. The first-order valence-electron chi connectivity index (χ1n) is 12.2. The fraction of sp³-hybridized carbons (Fsp3) is 0.375. The van der Waals surface area contributed by atoms with Crippen LogP contribution in [0.4, 0.5) is 23.8 Å². The second-order valence-corrected chi connectivity index (χ2v) is 9.44. The molecule has 0 saturated carbocycles. The Morgan fingerprint density at radius 2 is 1.95 bits per heavy atom. The molecule has 0 radical (unpaired) electrons. The van der Waals surface area contributed by atoms with E-state index in [-0.39, 0.29) is 35.2 Å². The van der Waals surface area contributed by atoms with Gasteiger partial charge in [-0.05, 0) is 38.5 Å². The summed E-state index contributed by atoms with van der Waals surface area (Å²) in [5.74, 6) is -0.609. The first-order chi connectivity index (χ1) is 19.3. The number of urea groups is 1. The van der Waals surface area contributed by atoms with Gasteiger partial charge in [-0.15, -0.1) is 0 Å². The van der Waals surface area contributed by atoms with Crippen LogP contribution in [0.1, 0.15) is 29.9 Å². The van der Waals surface area contributed by atoms with Gasteiger partial charge in [-0.3, -0.25) is 19.5 Å². The molecule has 2 unspecified atom stereocenters. The number of imide groups is 1. The van der Waals surface area contributed by atoms with Crippen molar-refractivity contribution in [3.05, 3.63) is 47.5 Å². The molecule has 4 amide bonds. The van der Waals surface area contributed by atoms with Gasteiger partial charge in [0.15, 0.2) is 23.9 Å². The monoisotopic (exact) mass is 572 g/mol. The number of nitrogens with zero attached hydrogens (tertiary/aromatic N) is 9. The van der Waals surface area contributed by atoms with E-state index >= 15 is 0 Å². The lowest BCUT2D eigenvalue weighted by molar-refractivity contribution is -0.142. The fourth-order valence-corrected chi connectivity index (χ4v) is 4.53. The number of amides is 4. The number of pyridine rings is 1. The molecule has 3 aromatic heterocycles. The van der Waals surface area contributed by atoms with Crippen LogP contribution in [0.2, 0.25) is 0 Å². The maximum atomic E-state index is 13.4. The number of hydrogen-bond donors (Lipinski definition) is 1. The molecule has 14 nitrogen and oxygen atoms in total. The molecule has 3 aromatic rings. The molecule has 1 saturated heterocycles. The van der Waals surface area contributed by atoms with Crippen molar-refractivity contribution in [1.29, 1.82) is 0 Å². The van der Waals surface area contributed by atoms with Crippen LogP contribution in [0, 0.1) is 13.8 Å². The van der Waals surface area contributed by atoms with E-state index in [4.69, 9.17) is 4.52 Å². The summed E-state index contributed by atoms with van der Waals surface area (Å²) < 4.78 is 44.3. The number of hydrogen-bond acceptors (Lipinski definition) is 11. The Balaban J connectivity index is 1.32. The summed E-state index contributed by atoms with van der Waals surface area (Å²) in [5, 5.41) is 6.30. The Kier molecular flexibility index (Phi) is 6.88. The Morgan fingerprint density at radius 1 is 1.20 bits per heavy atom. The molecular formula is C24H23F3N10O4. The van der Waals surface area contributed by atoms with E-state index in [1.165, 1.54) is 48.4 Å². The topological polar surface area (TPSA) is 163 Å². The van der Waals surface area contributed by atoms with Crippen molar-refractivity contribution in [1.82, 2.24) is 39.8 Å². The molecule has 41 heavy (non-hydrogen) atoms. The standard InChI is InChI=1S/C24H23F3N10O4/c1-11-7-14(8-29-18(11)24(25,26)27)19-28-6-5-15(32-19)33-21(38)12(2)37-10-30-20-17(37)22(39)36(23(40)35(20)4)9-16-31-13(3)34-41-16/h5-8,10,12,17,20H,9H2,1-4H3,(H,28,32,33,38)/t12-,17?,20?/m0/s1. The number of alkyl halides is 3. The van der Waals surface area contributed by atoms with Crippen LogP contribution in [0.15, 0.2) is 34.0 Å². The molecule has 17 heteroatoms. The summed E-state index contributed by atoms with van der Waals surface area (Å²) in [5.41, 5.74) is -0.889. The van der Waals surface area contributed by atoms with Gasteiger partial charge in [-0.25, -0.2) is 19.8 Å². The second-order valence-electron chi connectivity index (χ2n) is 9.44. The Hall–Kier alpha value is -4.96. The maximum Gasteiger partial charge on any atom is 0.433 e. The van der Waals surface area contributed by atoms with Crippen molar-refractivity contribution in [2.45, 2.75) is 51.7 Å². The van der Waals surface area contributed by atoms with Crippen molar-refractivity contribution < 1.29 is 32.1 Å². The predicted octanol–water partition coefficient (Wildman–Crippen LogP) is 2.02. The SMILES string of the molecule is Cc1noc(CN2C(=O)C3C(N=CN3[C@@H](C)C(=O)Nc3ccnc(-c4cnc(C(F)(F)F)c(C)c4)n3)N(C)C2=O)n1. The highest BCUT2D eigenvalue weighted by Crippen LogP contribution is 2.32. The lowest BCUT2D eigenvalue weighted by Gasteiger charge is -2.41. The lowest BCUT2D eigenvalue weighted by Crippen LogP contribution is -2.66. The molecule has 5 heterocycles. The third-order valence-electron chi connectivity index (χ3n) is 6.61. The number of halogens is 3. The van der Waals surface area contributed by atoms with Gasteiger partial charge in [0.05, 0.1) is 6.34 Å². The zero-order valence-electron chi connectivity index (χ0n) is 22.1. The quantitative estimate of drug-likeness (QED) is 0.462. The molecule has 214 valence electrons. The van der Waals surface area contributed by atoms with Gasteiger partial charge >= 0.3 is 12.2 Å². The summed E-state index contributed by atoms with van der Waals surface area (Å²) in [7, 11) is 1.49. The first-order valence-corrected chi connectivity index (χ1v) is 12.2. The van der Waals surface area contributed by atoms with E-state index in [1.54, 1.807) is 13.8 Å². The smallest absolute Gasteiger partial charge is 0.337 e. The average Bonchev–Trinajstić information content (AvgIpc) is 3.55. The van der Waals surface area contributed by atoms with Crippen molar-refractivity contribution in [2.24, 2.45) is 4.99 Å². The Bertz CT molecular complexity index is 1560. The zero-order chi connectivity index (χ0) is 29.6. The largest absolute Gasteiger partial charge is 0.433 e. The highest BCUT2D eigenvalue weighted by Gasteiger charge is 2.51. The highest BCUT2D eigenvalue weighted by molar-refractivity contribution is 6.03. The van der Waals surface area contributed by atoms with Crippen molar-refractivity contribution in [2.75, 3.05) is 12.4 Å². The number of anilines is 1. The Labute approximate surface area is 230 Å². The molecule has 0 bridgehead atoms. The molecule has 5 rings (SSSR count). The third kappa shape index (κ3) is 5.17. The van der Waals surface area contributed by atoms with Gasteiger partial charge in [0.25, 0.3) is 5.91 Å². The molecule has 0 spiro atoms. The summed E-state index contributed by atoms with van der Waals surface area (Å²) in [6, 6.07) is 0.120. The molecule has 1 N–H and O–H groups in total. The minimum absolute atomic E-state index is 0.0528. The number of aromatic nitrogens is 5. The second kappa shape index (κ2) is 10.2. The van der Waals surface area contributed by atoms with Crippen LogP contribution in [-0.2, 0) is 22.3 Å². The van der Waals surface area contributed by atoms with Crippen molar-refractivity contribution in [3.63, 3.8) is 0 Å². The number of aryl methyl sites for hydroxylation is 2. The molecule has 0 aliphatic carbocycles. The van der Waals surface area contributed by atoms with Crippen LogP contribution in [-0.4, -0.2) is 89.3 Å². The van der Waals surface area contributed by atoms with Crippen LogP contribution in [0.3, 0.4) is 0 Å². The zero-order valence-corrected chi connectivity index (χ0v) is 22.1. The van der Waals surface area contributed by atoms with E-state index in [9.17, 15) is 27.6 Å². The number of carbonyl (C=O) groups is 3. The maximum absolute atomic E-state index is 13.4. The molecular weight excluding hydrogens is 549 g/mol. The van der Waals surface area contributed by atoms with Gasteiger partial charge < -0.3 is 19.6 Å². The van der Waals surface area contributed by atoms with Crippen molar-refractivity contribution >= 4 is 30.0 Å². The van der Waals surface area contributed by atoms with Gasteiger partial charge in [0, 0.05) is 25.0 Å². The number of nitrogens with one attached hydrogen (secondary N) is 1.